The molecule has 5 rings (SSSR count). The molecule has 198 valence electrons. The number of hydrogen-bond acceptors (Lipinski definition) is 7. The van der Waals surface area contributed by atoms with E-state index >= 15 is 0 Å². The number of nitrogens with zero attached hydrogens (tertiary/aromatic N) is 5. The van der Waals surface area contributed by atoms with Gasteiger partial charge in [0, 0.05) is 32.0 Å². The summed E-state index contributed by atoms with van der Waals surface area (Å²) in [6.07, 6.45) is 5.69. The van der Waals surface area contributed by atoms with E-state index in [0.717, 1.165) is 43.1 Å². The molecule has 1 aromatic carbocycles. The van der Waals surface area contributed by atoms with Gasteiger partial charge in [0.05, 0.1) is 43.0 Å². The van der Waals surface area contributed by atoms with E-state index < -0.39 is 29.6 Å². The lowest BCUT2D eigenvalue weighted by atomic mass is 9.83. The van der Waals surface area contributed by atoms with Crippen LogP contribution in [0.5, 0.6) is 0 Å². The molecule has 9 nitrogen and oxygen atoms in total. The second-order valence-electron chi connectivity index (χ2n) is 9.77. The van der Waals surface area contributed by atoms with Crippen molar-refractivity contribution in [3.63, 3.8) is 0 Å². The predicted molar refractivity (Wildman–Crippen MR) is 130 cm³/mol. The van der Waals surface area contributed by atoms with Gasteiger partial charge in [-0.3, -0.25) is 0 Å². The van der Waals surface area contributed by atoms with Crippen molar-refractivity contribution in [1.29, 1.82) is 0 Å². The molecule has 0 spiro atoms. The van der Waals surface area contributed by atoms with Gasteiger partial charge in [-0.1, -0.05) is 5.16 Å². The second-order valence-corrected chi connectivity index (χ2v) is 9.77. The zero-order valence-corrected chi connectivity index (χ0v) is 20.2. The number of carbonyl (C=O) groups is 1. The topological polar surface area (TPSA) is 103 Å². The number of anilines is 2. The van der Waals surface area contributed by atoms with E-state index in [9.17, 15) is 23.1 Å². The van der Waals surface area contributed by atoms with Crippen LogP contribution in [-0.4, -0.2) is 70.1 Å². The molecule has 3 aliphatic rings. The summed E-state index contributed by atoms with van der Waals surface area (Å²) in [7, 11) is 0. The minimum absolute atomic E-state index is 0.0317. The third-order valence-corrected chi connectivity index (χ3v) is 7.14. The summed E-state index contributed by atoms with van der Waals surface area (Å²) < 4.78 is 42.5. The zero-order valence-electron chi connectivity index (χ0n) is 20.2. The molecule has 3 heterocycles. The van der Waals surface area contributed by atoms with Crippen LogP contribution in [0, 0.1) is 17.5 Å². The number of amides is 2. The lowest BCUT2D eigenvalue weighted by Crippen LogP contribution is -2.54. The zero-order chi connectivity index (χ0) is 25.9. The molecule has 0 radical (unpaired) electrons. The predicted octanol–water partition coefficient (Wildman–Crippen LogP) is 3.80. The Labute approximate surface area is 212 Å². The van der Waals surface area contributed by atoms with Crippen molar-refractivity contribution in [1.82, 2.24) is 14.9 Å². The number of aromatic nitrogens is 2. The fraction of sp³-hybridized carbons (Fsp3) is 0.520. The van der Waals surface area contributed by atoms with E-state index in [0.29, 0.717) is 50.3 Å². The highest BCUT2D eigenvalue weighted by Gasteiger charge is 2.30. The number of benzene rings is 1. The SMILES string of the molecule is O=C(Nc1cc(F)c(C2CCC(=NOC3CCN(c4ncc(F)cn4)CC3)CC2)cc1F)N1CC(O)C1. The van der Waals surface area contributed by atoms with E-state index in [4.69, 9.17) is 4.84 Å². The summed E-state index contributed by atoms with van der Waals surface area (Å²) >= 11 is 0. The molecule has 37 heavy (non-hydrogen) atoms. The number of aliphatic hydroxyl groups excluding tert-OH is 1. The minimum Gasteiger partial charge on any atom is -0.392 e. The number of aliphatic hydroxyl groups is 1. The number of halogens is 3. The van der Waals surface area contributed by atoms with E-state index in [2.05, 4.69) is 20.4 Å². The van der Waals surface area contributed by atoms with Crippen LogP contribution in [0.15, 0.2) is 29.7 Å². The number of oxime groups is 1. The second kappa shape index (κ2) is 10.9. The van der Waals surface area contributed by atoms with Gasteiger partial charge < -0.3 is 25.1 Å². The van der Waals surface area contributed by atoms with Crippen LogP contribution in [0.3, 0.4) is 0 Å². The van der Waals surface area contributed by atoms with Crippen molar-refractivity contribution in [2.24, 2.45) is 5.16 Å². The molecule has 0 unspecified atom stereocenters. The lowest BCUT2D eigenvalue weighted by Gasteiger charge is -2.35. The minimum atomic E-state index is -0.689. The average molecular weight is 519 g/mol. The Morgan fingerprint density at radius 1 is 1.03 bits per heavy atom. The number of urea groups is 1. The van der Waals surface area contributed by atoms with Gasteiger partial charge in [0.25, 0.3) is 0 Å². The largest absolute Gasteiger partial charge is 0.392 e. The van der Waals surface area contributed by atoms with Gasteiger partial charge in [-0.15, -0.1) is 0 Å². The fourth-order valence-corrected chi connectivity index (χ4v) is 4.92. The number of rotatable bonds is 5. The summed E-state index contributed by atoms with van der Waals surface area (Å²) in [5, 5.41) is 16.0. The lowest BCUT2D eigenvalue weighted by molar-refractivity contribution is 0.0308. The van der Waals surface area contributed by atoms with Gasteiger partial charge in [0.1, 0.15) is 17.7 Å². The van der Waals surface area contributed by atoms with Crippen LogP contribution < -0.4 is 10.2 Å². The Bertz CT molecular complexity index is 1140. The first-order valence-electron chi connectivity index (χ1n) is 12.5. The maximum Gasteiger partial charge on any atom is 0.322 e. The molecule has 12 heteroatoms. The molecule has 1 aliphatic carbocycles. The first-order chi connectivity index (χ1) is 17.9. The van der Waals surface area contributed by atoms with Crippen LogP contribution in [-0.2, 0) is 4.84 Å². The number of likely N-dealkylation sites (tertiary alicyclic amines) is 1. The Morgan fingerprint density at radius 2 is 1.70 bits per heavy atom. The van der Waals surface area contributed by atoms with Gasteiger partial charge >= 0.3 is 6.03 Å². The molecular weight excluding hydrogens is 489 g/mol. The van der Waals surface area contributed by atoms with Crippen LogP contribution in [0.4, 0.5) is 29.6 Å². The first kappa shape index (κ1) is 25.2. The number of carbonyl (C=O) groups excluding carboxylic acids is 1. The third kappa shape index (κ3) is 5.95. The van der Waals surface area contributed by atoms with Gasteiger partial charge in [0.15, 0.2) is 5.82 Å². The van der Waals surface area contributed by atoms with Crippen LogP contribution in [0.25, 0.3) is 0 Å². The van der Waals surface area contributed by atoms with Crippen molar-refractivity contribution in [2.75, 3.05) is 36.4 Å². The smallest absolute Gasteiger partial charge is 0.322 e. The summed E-state index contributed by atoms with van der Waals surface area (Å²) in [5.41, 5.74) is 0.989. The Kier molecular flexibility index (Phi) is 7.45. The summed E-state index contributed by atoms with van der Waals surface area (Å²) in [6, 6.07) is 1.62. The van der Waals surface area contributed by atoms with Crippen LogP contribution in [0.1, 0.15) is 50.0 Å². The Hall–Kier alpha value is -3.41. The molecule has 3 fully saturated rings. The van der Waals surface area contributed by atoms with Gasteiger partial charge in [-0.2, -0.15) is 0 Å². The maximum absolute atomic E-state index is 14.8. The highest BCUT2D eigenvalue weighted by molar-refractivity contribution is 5.90. The molecule has 2 amide bonds. The quantitative estimate of drug-likeness (QED) is 0.584. The molecule has 2 saturated heterocycles. The Morgan fingerprint density at radius 3 is 2.35 bits per heavy atom. The van der Waals surface area contributed by atoms with Gasteiger partial charge in [-0.05, 0) is 43.2 Å². The van der Waals surface area contributed by atoms with E-state index in [1.54, 1.807) is 0 Å². The summed E-state index contributed by atoms with van der Waals surface area (Å²) in [4.78, 5) is 29.2. The number of β-amino-alcohol motifs (C(OH)–C–C–N with tert-alkyl or cyclic N) is 1. The summed E-state index contributed by atoms with van der Waals surface area (Å²) in [5.74, 6) is -1.36. The van der Waals surface area contributed by atoms with E-state index in [1.807, 2.05) is 4.90 Å². The highest BCUT2D eigenvalue weighted by atomic mass is 19.1. The van der Waals surface area contributed by atoms with E-state index in [1.165, 1.54) is 4.90 Å². The molecular formula is C25H29F3N6O3. The number of nitrogens with one attached hydrogen (secondary N) is 1. The maximum atomic E-state index is 14.8. The summed E-state index contributed by atoms with van der Waals surface area (Å²) in [6.45, 7) is 1.72. The van der Waals surface area contributed by atoms with Crippen molar-refractivity contribution >= 4 is 23.4 Å². The molecule has 2 aliphatic heterocycles. The van der Waals surface area contributed by atoms with Crippen molar-refractivity contribution in [2.45, 2.75) is 56.7 Å². The number of piperidine rings is 1. The average Bonchev–Trinajstić information content (AvgIpc) is 2.88. The standard InChI is InChI=1S/C25H29F3N6O3/c26-16-11-29-24(30-12-16)33-7-5-19(6-8-33)37-32-17-3-1-15(2-4-17)20-9-22(28)23(10-21(20)27)31-25(36)34-13-18(35)14-34/h9-12,15,18-19,35H,1-8,13-14H2,(H,31,36). The van der Waals surface area contributed by atoms with Crippen molar-refractivity contribution in [3.8, 4) is 0 Å². The fourth-order valence-electron chi connectivity index (χ4n) is 4.92. The van der Waals surface area contributed by atoms with Gasteiger partial charge in [0.2, 0.25) is 5.95 Å². The normalized spacial score (nSPS) is 21.0. The molecule has 0 atom stereocenters. The number of hydrogen-bond donors (Lipinski definition) is 2. The van der Waals surface area contributed by atoms with Crippen molar-refractivity contribution in [3.05, 3.63) is 47.5 Å². The molecule has 0 bridgehead atoms. The molecule has 1 aromatic heterocycles. The van der Waals surface area contributed by atoms with Crippen LogP contribution in [0.2, 0.25) is 0 Å². The molecule has 2 N–H and O–H groups in total. The molecule has 1 saturated carbocycles. The van der Waals surface area contributed by atoms with Crippen molar-refractivity contribution < 1.29 is 27.9 Å². The first-order valence-corrected chi connectivity index (χ1v) is 12.5. The Balaban J connectivity index is 1.09. The van der Waals surface area contributed by atoms with Crippen LogP contribution >= 0.6 is 0 Å². The third-order valence-electron chi connectivity index (χ3n) is 7.14. The monoisotopic (exact) mass is 518 g/mol. The van der Waals surface area contributed by atoms with Gasteiger partial charge in [-0.25, -0.2) is 27.9 Å². The highest BCUT2D eigenvalue weighted by Crippen LogP contribution is 2.35. The molecule has 2 aromatic rings. The van der Waals surface area contributed by atoms with E-state index in [-0.39, 0.29) is 30.8 Å².